The van der Waals surface area contributed by atoms with Gasteiger partial charge in [-0.2, -0.15) is 0 Å². The van der Waals surface area contributed by atoms with Gasteiger partial charge in [-0.05, 0) is 71.1 Å². The number of hydrogen-bond acceptors (Lipinski definition) is 8. The summed E-state index contributed by atoms with van der Waals surface area (Å²) in [5.74, 6) is -0.0961. The Morgan fingerprint density at radius 1 is 0.674 bits per heavy atom. The van der Waals surface area contributed by atoms with Crippen LogP contribution >= 0.6 is 0 Å². The maximum absolute atomic E-state index is 12.1. The molecule has 0 spiro atoms. The summed E-state index contributed by atoms with van der Waals surface area (Å²) in [6, 6.07) is 28.1. The fraction of sp³-hybridized carbons (Fsp3) is 0.132. The number of benzene rings is 4. The second-order valence-corrected chi connectivity index (χ2v) is 10.2. The van der Waals surface area contributed by atoms with Gasteiger partial charge in [0, 0.05) is 24.3 Å². The molecule has 234 valence electrons. The number of rotatable bonds is 14. The number of esters is 3. The molecule has 0 saturated heterocycles. The fourth-order valence-electron chi connectivity index (χ4n) is 4.31. The van der Waals surface area contributed by atoms with Crippen molar-refractivity contribution in [1.29, 1.82) is 0 Å². The molecule has 0 bridgehead atoms. The lowest BCUT2D eigenvalue weighted by Gasteiger charge is -2.15. The highest BCUT2D eigenvalue weighted by molar-refractivity contribution is 5.89. The number of methoxy groups -OCH3 is 1. The molecule has 0 amide bonds. The Labute approximate surface area is 268 Å². The van der Waals surface area contributed by atoms with Gasteiger partial charge in [0.25, 0.3) is 0 Å². The van der Waals surface area contributed by atoms with Crippen LogP contribution in [0.4, 0.5) is 0 Å². The normalized spacial score (nSPS) is 10.4. The van der Waals surface area contributed by atoms with Crippen LogP contribution in [-0.4, -0.2) is 44.8 Å². The van der Waals surface area contributed by atoms with Crippen molar-refractivity contribution >= 4 is 17.9 Å². The summed E-state index contributed by atoms with van der Waals surface area (Å²) in [6.45, 7) is 12.5. The van der Waals surface area contributed by atoms with Gasteiger partial charge >= 0.3 is 17.9 Å². The molecule has 0 aliphatic rings. The molecule has 0 aromatic heterocycles. The van der Waals surface area contributed by atoms with Crippen LogP contribution in [0, 0.1) is 0 Å². The summed E-state index contributed by atoms with van der Waals surface area (Å²) in [7, 11) is 1.48. The minimum atomic E-state index is -0.541. The lowest BCUT2D eigenvalue weighted by atomic mass is 9.96. The monoisotopic (exact) mass is 618 g/mol. The molecular weight excluding hydrogens is 584 g/mol. The predicted octanol–water partition coefficient (Wildman–Crippen LogP) is 7.39. The van der Waals surface area contributed by atoms with E-state index in [1.807, 2.05) is 66.7 Å². The molecule has 8 heteroatoms. The topological polar surface area (TPSA) is 97.4 Å². The van der Waals surface area contributed by atoms with Crippen LogP contribution in [0.1, 0.15) is 6.92 Å². The van der Waals surface area contributed by atoms with Crippen LogP contribution in [0.15, 0.2) is 128 Å². The number of carbonyl (C=O) groups excluding carboxylic acids is 3. The molecule has 0 aliphatic carbocycles. The second kappa shape index (κ2) is 15.8. The molecule has 0 radical (unpaired) electrons. The van der Waals surface area contributed by atoms with Gasteiger partial charge in [0.15, 0.2) is 0 Å². The summed E-state index contributed by atoms with van der Waals surface area (Å²) in [4.78, 5) is 35.5. The lowest BCUT2D eigenvalue weighted by molar-refractivity contribution is -0.140. The summed E-state index contributed by atoms with van der Waals surface area (Å²) in [5.41, 5.74) is 5.99. The van der Waals surface area contributed by atoms with Crippen molar-refractivity contribution < 1.29 is 38.1 Å². The van der Waals surface area contributed by atoms with Crippen molar-refractivity contribution in [3.63, 3.8) is 0 Å². The van der Waals surface area contributed by atoms with E-state index in [0.717, 1.165) is 39.5 Å². The Bertz CT molecular complexity index is 1730. The SMILES string of the molecule is C=CC(=O)Oc1ccc(-c2ccc(-c3cc(-c4ccc(OC(=O)C(=C)C)cc4)ccc3OCCOC(=O)C(=C)COC)cc2)cc1. The van der Waals surface area contributed by atoms with Crippen molar-refractivity contribution in [1.82, 2.24) is 0 Å². The third-order valence-electron chi connectivity index (χ3n) is 6.68. The Morgan fingerprint density at radius 2 is 1.20 bits per heavy atom. The van der Waals surface area contributed by atoms with Gasteiger partial charge in [0.05, 0.1) is 12.2 Å². The Hall–Kier alpha value is -5.73. The third kappa shape index (κ3) is 8.90. The first-order chi connectivity index (χ1) is 22.2. The average molecular weight is 619 g/mol. The summed E-state index contributed by atoms with van der Waals surface area (Å²) >= 11 is 0. The molecular formula is C38H34O8. The molecule has 46 heavy (non-hydrogen) atoms. The van der Waals surface area contributed by atoms with Gasteiger partial charge in [0.2, 0.25) is 0 Å². The first-order valence-electron chi connectivity index (χ1n) is 14.3. The van der Waals surface area contributed by atoms with Gasteiger partial charge in [-0.1, -0.05) is 74.3 Å². The van der Waals surface area contributed by atoms with Crippen LogP contribution < -0.4 is 14.2 Å². The van der Waals surface area contributed by atoms with Crippen LogP contribution in [0.2, 0.25) is 0 Å². The van der Waals surface area contributed by atoms with Crippen molar-refractivity contribution in [2.75, 3.05) is 26.9 Å². The lowest BCUT2D eigenvalue weighted by Crippen LogP contribution is -2.15. The van der Waals surface area contributed by atoms with Crippen molar-refractivity contribution in [2.45, 2.75) is 6.92 Å². The summed E-state index contributed by atoms with van der Waals surface area (Å²) in [5, 5.41) is 0. The van der Waals surface area contributed by atoms with Crippen LogP contribution in [0.25, 0.3) is 33.4 Å². The van der Waals surface area contributed by atoms with Crippen molar-refractivity contribution in [2.24, 2.45) is 0 Å². The molecule has 0 saturated carbocycles. The van der Waals surface area contributed by atoms with Gasteiger partial charge in [-0.25, -0.2) is 14.4 Å². The molecule has 0 N–H and O–H groups in total. The fourth-order valence-corrected chi connectivity index (χ4v) is 4.31. The minimum absolute atomic E-state index is 0.0319. The summed E-state index contributed by atoms with van der Waals surface area (Å²) < 4.78 is 26.7. The molecule has 0 heterocycles. The first kappa shape index (κ1) is 33.2. The quantitative estimate of drug-likeness (QED) is 0.0625. The minimum Gasteiger partial charge on any atom is -0.489 e. The second-order valence-electron chi connectivity index (χ2n) is 10.2. The van der Waals surface area contributed by atoms with E-state index in [-0.39, 0.29) is 25.4 Å². The highest BCUT2D eigenvalue weighted by Gasteiger charge is 2.13. The van der Waals surface area contributed by atoms with Gasteiger partial charge < -0.3 is 23.7 Å². The first-order valence-corrected chi connectivity index (χ1v) is 14.3. The van der Waals surface area contributed by atoms with Crippen LogP contribution in [0.3, 0.4) is 0 Å². The van der Waals surface area contributed by atoms with E-state index in [9.17, 15) is 14.4 Å². The van der Waals surface area contributed by atoms with Gasteiger partial charge in [-0.3, -0.25) is 0 Å². The number of ether oxygens (including phenoxy) is 5. The third-order valence-corrected chi connectivity index (χ3v) is 6.68. The van der Waals surface area contributed by atoms with Crippen LogP contribution in [0.5, 0.6) is 17.2 Å². The molecule has 0 aliphatic heterocycles. The smallest absolute Gasteiger partial charge is 0.338 e. The molecule has 0 fully saturated rings. The van der Waals surface area contributed by atoms with E-state index in [2.05, 4.69) is 19.7 Å². The average Bonchev–Trinajstić information content (AvgIpc) is 3.07. The zero-order valence-electron chi connectivity index (χ0n) is 25.7. The molecule has 0 unspecified atom stereocenters. The standard InChI is InChI=1S/C38H34O8/c1-6-36(39)45-32-16-11-28(12-17-32)27-7-9-30(10-8-27)34-23-31(29-13-18-33(19-14-29)46-37(40)25(2)3)15-20-35(34)43-21-22-44-38(41)26(4)24-42-5/h6-20,23H,1-2,4,21-22,24H2,3,5H3. The van der Waals surface area contributed by atoms with E-state index in [1.165, 1.54) is 7.11 Å². The molecule has 8 nitrogen and oxygen atoms in total. The molecule has 0 atom stereocenters. The molecule has 4 aromatic carbocycles. The Balaban J connectivity index is 1.58. The maximum Gasteiger partial charge on any atom is 0.338 e. The predicted molar refractivity (Wildman–Crippen MR) is 177 cm³/mol. The largest absolute Gasteiger partial charge is 0.489 e. The van der Waals surface area contributed by atoms with Gasteiger partial charge in [-0.15, -0.1) is 0 Å². The Morgan fingerprint density at radius 3 is 1.76 bits per heavy atom. The van der Waals surface area contributed by atoms with E-state index in [4.69, 9.17) is 23.7 Å². The zero-order chi connectivity index (χ0) is 33.1. The van der Waals surface area contributed by atoms with E-state index in [1.54, 1.807) is 31.2 Å². The Kier molecular flexibility index (Phi) is 11.4. The zero-order valence-corrected chi connectivity index (χ0v) is 25.7. The van der Waals surface area contributed by atoms with Crippen molar-refractivity contribution in [3.05, 3.63) is 128 Å². The van der Waals surface area contributed by atoms with Crippen molar-refractivity contribution in [3.8, 4) is 50.6 Å². The van der Waals surface area contributed by atoms with Gasteiger partial charge in [0.1, 0.15) is 30.5 Å². The number of carbonyl (C=O) groups is 3. The van der Waals surface area contributed by atoms with E-state index < -0.39 is 17.9 Å². The molecule has 4 rings (SSSR count). The van der Waals surface area contributed by atoms with E-state index >= 15 is 0 Å². The maximum atomic E-state index is 12.1. The molecule has 4 aromatic rings. The van der Waals surface area contributed by atoms with Crippen LogP contribution in [-0.2, 0) is 23.9 Å². The number of hydrogen-bond donors (Lipinski definition) is 0. The van der Waals surface area contributed by atoms with E-state index in [0.29, 0.717) is 22.8 Å². The highest BCUT2D eigenvalue weighted by atomic mass is 16.6. The highest BCUT2D eigenvalue weighted by Crippen LogP contribution is 2.36. The summed E-state index contributed by atoms with van der Waals surface area (Å²) in [6.07, 6.45) is 1.11.